The molecular weight excluding hydrogens is 352 g/mol. The highest BCUT2D eigenvalue weighted by Gasteiger charge is 2.40. The van der Waals surface area contributed by atoms with Gasteiger partial charge in [0.25, 0.3) is 0 Å². The quantitative estimate of drug-likeness (QED) is 0.816. The van der Waals surface area contributed by atoms with Crippen molar-refractivity contribution in [3.63, 3.8) is 0 Å². The summed E-state index contributed by atoms with van der Waals surface area (Å²) in [6.07, 6.45) is -0.351. The van der Waals surface area contributed by atoms with Gasteiger partial charge in [0, 0.05) is 6.54 Å². The summed E-state index contributed by atoms with van der Waals surface area (Å²) in [7, 11) is 0. The zero-order valence-electron chi connectivity index (χ0n) is 15.8. The van der Waals surface area contributed by atoms with Gasteiger partial charge < -0.3 is 24.8 Å². The van der Waals surface area contributed by atoms with E-state index in [0.717, 1.165) is 5.56 Å². The number of nitrogens with zero attached hydrogens (tertiary/aromatic N) is 1. The first-order chi connectivity index (χ1) is 12.7. The second kappa shape index (κ2) is 8.75. The van der Waals surface area contributed by atoms with Gasteiger partial charge >= 0.3 is 18.2 Å². The second-order valence-corrected chi connectivity index (χ2v) is 7.41. The largest absolute Gasteiger partial charge is 0.480 e. The minimum Gasteiger partial charge on any atom is -0.480 e. The molecule has 1 fully saturated rings. The lowest BCUT2D eigenvalue weighted by Gasteiger charge is -2.30. The third-order valence-corrected chi connectivity index (χ3v) is 4.06. The first kappa shape index (κ1) is 20.5. The summed E-state index contributed by atoms with van der Waals surface area (Å²) in [5.41, 5.74) is 0.0835. The van der Waals surface area contributed by atoms with E-state index in [1.54, 1.807) is 20.8 Å². The SMILES string of the molecule is CC(C)(C)OC(=O)NC(C(=O)O)C1CCCN1C(=O)OCc1ccccc1. The molecule has 1 aliphatic rings. The number of amides is 2. The lowest BCUT2D eigenvalue weighted by molar-refractivity contribution is -0.140. The van der Waals surface area contributed by atoms with Crippen LogP contribution in [0.3, 0.4) is 0 Å². The minimum absolute atomic E-state index is 0.0973. The second-order valence-electron chi connectivity index (χ2n) is 7.41. The fourth-order valence-electron chi connectivity index (χ4n) is 2.92. The predicted octanol–water partition coefficient (Wildman–Crippen LogP) is 2.77. The van der Waals surface area contributed by atoms with Crippen molar-refractivity contribution in [3.05, 3.63) is 35.9 Å². The number of hydrogen-bond donors (Lipinski definition) is 2. The van der Waals surface area contributed by atoms with Gasteiger partial charge in [0.15, 0.2) is 6.04 Å². The summed E-state index contributed by atoms with van der Waals surface area (Å²) in [5, 5.41) is 11.9. The number of carboxylic acids is 1. The molecule has 0 aromatic heterocycles. The van der Waals surface area contributed by atoms with Crippen LogP contribution in [-0.2, 0) is 20.9 Å². The van der Waals surface area contributed by atoms with Crippen LogP contribution in [0.25, 0.3) is 0 Å². The van der Waals surface area contributed by atoms with Crippen LogP contribution in [-0.4, -0.2) is 52.4 Å². The van der Waals surface area contributed by atoms with E-state index < -0.39 is 35.8 Å². The maximum absolute atomic E-state index is 12.4. The van der Waals surface area contributed by atoms with Gasteiger partial charge in [-0.15, -0.1) is 0 Å². The molecule has 1 saturated heterocycles. The molecular formula is C19H26N2O6. The van der Waals surface area contributed by atoms with Gasteiger partial charge in [0.2, 0.25) is 0 Å². The number of nitrogens with one attached hydrogen (secondary N) is 1. The number of likely N-dealkylation sites (tertiary alicyclic amines) is 1. The van der Waals surface area contributed by atoms with Crippen LogP contribution in [0.1, 0.15) is 39.2 Å². The van der Waals surface area contributed by atoms with Crippen molar-refractivity contribution >= 4 is 18.2 Å². The number of hydrogen-bond acceptors (Lipinski definition) is 5. The van der Waals surface area contributed by atoms with Crippen LogP contribution >= 0.6 is 0 Å². The Balaban J connectivity index is 2.01. The average Bonchev–Trinajstić information content (AvgIpc) is 3.06. The number of carbonyl (C=O) groups excluding carboxylic acids is 2. The zero-order chi connectivity index (χ0) is 20.0. The molecule has 8 heteroatoms. The highest BCUT2D eigenvalue weighted by Crippen LogP contribution is 2.22. The summed E-state index contributed by atoms with van der Waals surface area (Å²) >= 11 is 0. The summed E-state index contributed by atoms with van der Waals surface area (Å²) in [5.74, 6) is -1.23. The van der Waals surface area contributed by atoms with Crippen LogP contribution in [0.5, 0.6) is 0 Å². The molecule has 1 aromatic carbocycles. The Morgan fingerprint density at radius 3 is 2.52 bits per heavy atom. The maximum Gasteiger partial charge on any atom is 0.410 e. The number of carboxylic acid groups (broad SMARTS) is 1. The maximum atomic E-state index is 12.4. The summed E-state index contributed by atoms with van der Waals surface area (Å²) < 4.78 is 10.4. The molecule has 148 valence electrons. The topological polar surface area (TPSA) is 105 Å². The van der Waals surface area contributed by atoms with Gasteiger partial charge in [-0.3, -0.25) is 0 Å². The van der Waals surface area contributed by atoms with E-state index in [-0.39, 0.29) is 6.61 Å². The first-order valence-corrected chi connectivity index (χ1v) is 8.87. The molecule has 1 heterocycles. The van der Waals surface area contributed by atoms with Crippen molar-refractivity contribution in [3.8, 4) is 0 Å². The Morgan fingerprint density at radius 1 is 1.26 bits per heavy atom. The predicted molar refractivity (Wildman–Crippen MR) is 97.1 cm³/mol. The van der Waals surface area contributed by atoms with Crippen LogP contribution in [0.15, 0.2) is 30.3 Å². The monoisotopic (exact) mass is 378 g/mol. The molecule has 1 aliphatic heterocycles. The fraction of sp³-hybridized carbons (Fsp3) is 0.526. The van der Waals surface area contributed by atoms with Crippen molar-refractivity contribution in [2.24, 2.45) is 0 Å². The van der Waals surface area contributed by atoms with E-state index in [1.807, 2.05) is 30.3 Å². The van der Waals surface area contributed by atoms with Crippen LogP contribution in [0.4, 0.5) is 9.59 Å². The van der Waals surface area contributed by atoms with E-state index in [2.05, 4.69) is 5.32 Å². The van der Waals surface area contributed by atoms with E-state index in [1.165, 1.54) is 4.90 Å². The number of alkyl carbamates (subject to hydrolysis) is 1. The normalized spacial score (nSPS) is 17.9. The zero-order valence-corrected chi connectivity index (χ0v) is 15.8. The Kier molecular flexibility index (Phi) is 6.65. The van der Waals surface area contributed by atoms with E-state index in [9.17, 15) is 19.5 Å². The first-order valence-electron chi connectivity index (χ1n) is 8.87. The molecule has 1 aromatic rings. The summed E-state index contributed by atoms with van der Waals surface area (Å²) in [6, 6.07) is 7.24. The molecule has 8 nitrogen and oxygen atoms in total. The lowest BCUT2D eigenvalue weighted by atomic mass is 10.1. The molecule has 2 N–H and O–H groups in total. The molecule has 0 bridgehead atoms. The number of carbonyl (C=O) groups is 3. The summed E-state index contributed by atoms with van der Waals surface area (Å²) in [6.45, 7) is 5.53. The fourth-order valence-corrected chi connectivity index (χ4v) is 2.92. The van der Waals surface area contributed by atoms with Crippen molar-refractivity contribution < 1.29 is 29.0 Å². The van der Waals surface area contributed by atoms with E-state index >= 15 is 0 Å². The average molecular weight is 378 g/mol. The Bertz CT molecular complexity index is 671. The molecule has 2 rings (SSSR count). The molecule has 2 unspecified atom stereocenters. The van der Waals surface area contributed by atoms with E-state index in [4.69, 9.17) is 9.47 Å². The van der Waals surface area contributed by atoms with Gasteiger partial charge in [-0.25, -0.2) is 14.4 Å². The van der Waals surface area contributed by atoms with Gasteiger partial charge in [0.1, 0.15) is 12.2 Å². The number of benzene rings is 1. The third-order valence-electron chi connectivity index (χ3n) is 4.06. The van der Waals surface area contributed by atoms with Crippen LogP contribution in [0.2, 0.25) is 0 Å². The van der Waals surface area contributed by atoms with Gasteiger partial charge in [-0.1, -0.05) is 30.3 Å². The number of rotatable bonds is 5. The molecule has 2 amide bonds. The Labute approximate surface area is 158 Å². The highest BCUT2D eigenvalue weighted by atomic mass is 16.6. The number of aliphatic carboxylic acids is 1. The standard InChI is InChI=1S/C19H26N2O6/c1-19(2,3)27-17(24)20-15(16(22)23)14-10-7-11-21(14)18(25)26-12-13-8-5-4-6-9-13/h4-6,8-9,14-15H,7,10-12H2,1-3H3,(H,20,24)(H,22,23). The smallest absolute Gasteiger partial charge is 0.410 e. The third kappa shape index (κ3) is 6.16. The molecule has 0 radical (unpaired) electrons. The van der Waals surface area contributed by atoms with Crippen molar-refractivity contribution in [2.45, 2.75) is 57.9 Å². The van der Waals surface area contributed by atoms with Crippen molar-refractivity contribution in [2.75, 3.05) is 6.54 Å². The molecule has 2 atom stereocenters. The molecule has 0 aliphatic carbocycles. The van der Waals surface area contributed by atoms with E-state index in [0.29, 0.717) is 19.4 Å². The van der Waals surface area contributed by atoms with Crippen LogP contribution in [0, 0.1) is 0 Å². The minimum atomic E-state index is -1.27. The lowest BCUT2D eigenvalue weighted by Crippen LogP contribution is -2.55. The van der Waals surface area contributed by atoms with Crippen molar-refractivity contribution in [1.82, 2.24) is 10.2 Å². The van der Waals surface area contributed by atoms with Gasteiger partial charge in [-0.05, 0) is 39.2 Å². The molecule has 0 spiro atoms. The molecule has 27 heavy (non-hydrogen) atoms. The number of ether oxygens (including phenoxy) is 2. The molecule has 0 saturated carbocycles. The van der Waals surface area contributed by atoms with Gasteiger partial charge in [-0.2, -0.15) is 0 Å². The highest BCUT2D eigenvalue weighted by molar-refractivity contribution is 5.82. The summed E-state index contributed by atoms with van der Waals surface area (Å²) in [4.78, 5) is 37.5. The van der Waals surface area contributed by atoms with Crippen molar-refractivity contribution in [1.29, 1.82) is 0 Å². The van der Waals surface area contributed by atoms with Crippen LogP contribution < -0.4 is 5.32 Å². The Hall–Kier alpha value is -2.77. The van der Waals surface area contributed by atoms with Gasteiger partial charge in [0.05, 0.1) is 6.04 Å². The Morgan fingerprint density at radius 2 is 1.93 bits per heavy atom.